The van der Waals surface area contributed by atoms with E-state index in [0.29, 0.717) is 38.1 Å². The van der Waals surface area contributed by atoms with Gasteiger partial charge in [0.2, 0.25) is 0 Å². The first-order valence-electron chi connectivity index (χ1n) is 9.34. The molecule has 0 atom stereocenters. The monoisotopic (exact) mass is 396 g/mol. The fraction of sp³-hybridized carbons (Fsp3) is 0.600. The number of carbonyl (C=O) groups is 1. The largest absolute Gasteiger partial charge is 0.490 e. The number of ether oxygens (including phenoxy) is 3. The minimum atomic E-state index is -2.95. The summed E-state index contributed by atoms with van der Waals surface area (Å²) in [5, 5.41) is 0. The lowest BCUT2D eigenvalue weighted by atomic mass is 9.81. The molecule has 1 aliphatic heterocycles. The first-order valence-corrected chi connectivity index (χ1v) is 9.34. The van der Waals surface area contributed by atoms with Gasteiger partial charge in [0.05, 0.1) is 20.3 Å². The van der Waals surface area contributed by atoms with Crippen molar-refractivity contribution in [1.29, 1.82) is 0 Å². The number of alkyl halides is 2. The summed E-state index contributed by atoms with van der Waals surface area (Å²) in [6, 6.07) is 4.73. The summed E-state index contributed by atoms with van der Waals surface area (Å²) in [5.41, 5.74) is -0.0629. The fourth-order valence-corrected chi connectivity index (χ4v) is 3.22. The van der Waals surface area contributed by atoms with E-state index >= 15 is 0 Å². The van der Waals surface area contributed by atoms with E-state index in [-0.39, 0.29) is 24.0 Å². The van der Waals surface area contributed by atoms with Crippen molar-refractivity contribution in [3.8, 4) is 11.5 Å². The molecular weight excluding hydrogens is 370 g/mol. The molecule has 1 aliphatic rings. The third-order valence-corrected chi connectivity index (χ3v) is 4.93. The molecule has 1 aromatic rings. The highest BCUT2D eigenvalue weighted by atomic mass is 19.3. The summed E-state index contributed by atoms with van der Waals surface area (Å²) in [4.78, 5) is 17.3. The normalized spacial score (nSPS) is 16.4. The maximum absolute atomic E-state index is 12.7. The van der Waals surface area contributed by atoms with Gasteiger partial charge in [-0.25, -0.2) is 6.57 Å². The zero-order valence-corrected chi connectivity index (χ0v) is 16.2. The molecule has 0 aliphatic carbocycles. The summed E-state index contributed by atoms with van der Waals surface area (Å²) in [5.74, 6) is -0.111. The van der Waals surface area contributed by atoms with Gasteiger partial charge >= 0.3 is 12.6 Å². The van der Waals surface area contributed by atoms with Gasteiger partial charge in [-0.2, -0.15) is 8.78 Å². The van der Waals surface area contributed by atoms with E-state index in [2.05, 4.69) is 9.58 Å². The molecule has 1 saturated heterocycles. The third kappa shape index (κ3) is 5.55. The molecular formula is C20H26F2N2O4. The van der Waals surface area contributed by atoms with Crippen LogP contribution in [0.2, 0.25) is 0 Å². The number of unbranched alkanes of at least 4 members (excludes halogenated alkanes) is 1. The molecule has 1 heterocycles. The van der Waals surface area contributed by atoms with Crippen LogP contribution in [0.15, 0.2) is 18.2 Å². The molecule has 6 nitrogen and oxygen atoms in total. The van der Waals surface area contributed by atoms with E-state index in [1.165, 1.54) is 13.2 Å². The topological polar surface area (TPSA) is 52.4 Å². The predicted octanol–water partition coefficient (Wildman–Crippen LogP) is 3.85. The smallest absolute Gasteiger partial charge is 0.387 e. The molecule has 1 aromatic carbocycles. The van der Waals surface area contributed by atoms with Gasteiger partial charge in [0.25, 0.3) is 5.54 Å². The number of benzene rings is 1. The quantitative estimate of drug-likeness (QED) is 0.361. The van der Waals surface area contributed by atoms with Crippen molar-refractivity contribution in [2.75, 3.05) is 33.4 Å². The van der Waals surface area contributed by atoms with E-state index in [1.54, 1.807) is 12.1 Å². The van der Waals surface area contributed by atoms with Crippen LogP contribution in [0, 0.1) is 6.57 Å². The maximum atomic E-state index is 12.7. The molecule has 154 valence electrons. The van der Waals surface area contributed by atoms with Crippen LogP contribution in [-0.2, 0) is 15.1 Å². The zero-order chi connectivity index (χ0) is 20.6. The van der Waals surface area contributed by atoms with Crippen LogP contribution in [0.4, 0.5) is 8.78 Å². The van der Waals surface area contributed by atoms with Crippen molar-refractivity contribution < 1.29 is 27.8 Å². The Morgan fingerprint density at radius 1 is 1.32 bits per heavy atom. The number of rotatable bonds is 9. The van der Waals surface area contributed by atoms with Crippen molar-refractivity contribution in [2.24, 2.45) is 0 Å². The molecule has 2 rings (SSSR count). The first-order chi connectivity index (χ1) is 13.4. The van der Waals surface area contributed by atoms with Gasteiger partial charge < -0.3 is 19.1 Å². The summed E-state index contributed by atoms with van der Waals surface area (Å²) in [7, 11) is 1.35. The number of esters is 1. The van der Waals surface area contributed by atoms with Crippen LogP contribution in [0.3, 0.4) is 0 Å². The second-order valence-corrected chi connectivity index (χ2v) is 6.74. The number of hydrogen-bond donors (Lipinski definition) is 0. The molecule has 0 bridgehead atoms. The predicted molar refractivity (Wildman–Crippen MR) is 99.4 cm³/mol. The van der Waals surface area contributed by atoms with Crippen molar-refractivity contribution in [1.82, 2.24) is 4.90 Å². The average molecular weight is 396 g/mol. The van der Waals surface area contributed by atoms with E-state index < -0.39 is 12.2 Å². The highest BCUT2D eigenvalue weighted by Gasteiger charge is 2.43. The van der Waals surface area contributed by atoms with Crippen LogP contribution in [0.1, 0.15) is 38.2 Å². The molecule has 1 fully saturated rings. The van der Waals surface area contributed by atoms with Gasteiger partial charge in [0.1, 0.15) is 0 Å². The van der Waals surface area contributed by atoms with Crippen LogP contribution >= 0.6 is 0 Å². The highest BCUT2D eigenvalue weighted by Crippen LogP contribution is 2.41. The Balaban J connectivity index is 2.20. The molecule has 0 amide bonds. The van der Waals surface area contributed by atoms with Gasteiger partial charge in [-0.3, -0.25) is 9.69 Å². The number of halogens is 2. The number of methoxy groups -OCH3 is 1. The van der Waals surface area contributed by atoms with Crippen LogP contribution in [-0.4, -0.2) is 50.8 Å². The van der Waals surface area contributed by atoms with Crippen molar-refractivity contribution in [3.05, 3.63) is 35.2 Å². The fourth-order valence-electron chi connectivity index (χ4n) is 3.22. The van der Waals surface area contributed by atoms with Crippen molar-refractivity contribution >= 4 is 5.97 Å². The summed E-state index contributed by atoms with van der Waals surface area (Å²) in [6.45, 7) is 8.53. The van der Waals surface area contributed by atoms with Gasteiger partial charge in [-0.05, 0) is 24.6 Å². The average Bonchev–Trinajstić information content (AvgIpc) is 2.69. The first kappa shape index (κ1) is 21.9. The second-order valence-electron chi connectivity index (χ2n) is 6.74. The molecule has 0 saturated carbocycles. The van der Waals surface area contributed by atoms with Gasteiger partial charge in [-0.1, -0.05) is 13.3 Å². The lowest BCUT2D eigenvalue weighted by molar-refractivity contribution is -0.142. The Morgan fingerprint density at radius 2 is 2.04 bits per heavy atom. The molecule has 0 spiro atoms. The van der Waals surface area contributed by atoms with E-state index in [1.807, 2.05) is 11.8 Å². The Bertz CT molecular complexity index is 698. The standard InChI is InChI=1S/C20H26F2N2O4/c1-4-5-12-27-17-13-15(6-7-16(17)28-19(21)22)20(23-2)8-10-24(11-9-20)14-18(25)26-3/h6-7,13,19H,4-5,8-12,14H2,1,3H3. The van der Waals surface area contributed by atoms with Crippen molar-refractivity contribution in [3.63, 3.8) is 0 Å². The summed E-state index contributed by atoms with van der Waals surface area (Å²) in [6.07, 6.45) is 2.75. The SMILES string of the molecule is [C-]#[N+]C1(c2ccc(OC(F)F)c(OCCCC)c2)CCN(CC(=O)OC)CC1. The lowest BCUT2D eigenvalue weighted by Crippen LogP contribution is -2.43. The lowest BCUT2D eigenvalue weighted by Gasteiger charge is -2.33. The number of carbonyl (C=O) groups excluding carboxylic acids is 1. The Kier molecular flexibility index (Phi) is 8.00. The highest BCUT2D eigenvalue weighted by molar-refractivity contribution is 5.71. The molecule has 0 radical (unpaired) electrons. The minimum Gasteiger partial charge on any atom is -0.490 e. The molecule has 8 heteroatoms. The number of piperidine rings is 1. The summed E-state index contributed by atoms with van der Waals surface area (Å²) >= 11 is 0. The Morgan fingerprint density at radius 3 is 2.61 bits per heavy atom. The molecule has 0 aromatic heterocycles. The number of hydrogen-bond acceptors (Lipinski definition) is 5. The minimum absolute atomic E-state index is 0.0295. The molecule has 0 N–H and O–H groups in total. The van der Waals surface area contributed by atoms with Crippen LogP contribution < -0.4 is 9.47 Å². The Labute approximate surface area is 164 Å². The molecule has 0 unspecified atom stereocenters. The van der Waals surface area contributed by atoms with Crippen molar-refractivity contribution in [2.45, 2.75) is 44.8 Å². The second kappa shape index (κ2) is 10.2. The van der Waals surface area contributed by atoms with Crippen LogP contribution in [0.25, 0.3) is 4.85 Å². The van der Waals surface area contributed by atoms with Gasteiger partial charge in [0, 0.05) is 31.5 Å². The number of nitrogens with zero attached hydrogens (tertiary/aromatic N) is 2. The summed E-state index contributed by atoms with van der Waals surface area (Å²) < 4.78 is 40.3. The zero-order valence-electron chi connectivity index (χ0n) is 16.2. The van der Waals surface area contributed by atoms with E-state index in [0.717, 1.165) is 12.8 Å². The van der Waals surface area contributed by atoms with Gasteiger partial charge in [-0.15, -0.1) is 0 Å². The van der Waals surface area contributed by atoms with Gasteiger partial charge in [0.15, 0.2) is 11.5 Å². The van der Waals surface area contributed by atoms with E-state index in [9.17, 15) is 13.6 Å². The van der Waals surface area contributed by atoms with E-state index in [4.69, 9.17) is 16.0 Å². The maximum Gasteiger partial charge on any atom is 0.387 e. The van der Waals surface area contributed by atoms with Crippen LogP contribution in [0.5, 0.6) is 11.5 Å². The molecule has 28 heavy (non-hydrogen) atoms. The number of likely N-dealkylation sites (tertiary alicyclic amines) is 1. The Hall–Kier alpha value is -2.40. The third-order valence-electron chi connectivity index (χ3n) is 4.93.